The molecule has 0 bridgehead atoms. The third-order valence-corrected chi connectivity index (χ3v) is 3.88. The maximum atomic E-state index is 5.39. The molecule has 0 saturated heterocycles. The van der Waals surface area contributed by atoms with Crippen molar-refractivity contribution >= 4 is 21.6 Å². The topological polar surface area (TPSA) is 21.3 Å². The van der Waals surface area contributed by atoms with E-state index in [4.69, 9.17) is 4.74 Å². The number of methoxy groups -OCH3 is 1. The van der Waals surface area contributed by atoms with Gasteiger partial charge in [0.15, 0.2) is 0 Å². The molecule has 2 nitrogen and oxygen atoms in total. The number of para-hydroxylation sites is 1. The van der Waals surface area contributed by atoms with Crippen molar-refractivity contribution in [3.05, 3.63) is 58.1 Å². The predicted octanol–water partition coefficient (Wildman–Crippen LogP) is 4.17. The molecule has 1 atom stereocenters. The lowest BCUT2D eigenvalue weighted by atomic mass is 10.0. The number of ether oxygens (including phenoxy) is 1. The summed E-state index contributed by atoms with van der Waals surface area (Å²) in [6.45, 7) is 0. The highest BCUT2D eigenvalue weighted by molar-refractivity contribution is 9.10. The molecule has 0 aromatic heterocycles. The Morgan fingerprint density at radius 3 is 2.67 bits per heavy atom. The van der Waals surface area contributed by atoms with Gasteiger partial charge in [-0.2, -0.15) is 0 Å². The van der Waals surface area contributed by atoms with Crippen molar-refractivity contribution in [2.75, 3.05) is 12.4 Å². The van der Waals surface area contributed by atoms with Crippen molar-refractivity contribution in [1.82, 2.24) is 0 Å². The van der Waals surface area contributed by atoms with Crippen molar-refractivity contribution in [1.29, 1.82) is 0 Å². The Labute approximate surface area is 115 Å². The molecule has 1 unspecified atom stereocenters. The fourth-order valence-electron chi connectivity index (χ4n) is 2.42. The quantitative estimate of drug-likeness (QED) is 0.899. The summed E-state index contributed by atoms with van der Waals surface area (Å²) < 4.78 is 6.50. The summed E-state index contributed by atoms with van der Waals surface area (Å²) >= 11 is 3.46. The number of nitrogens with one attached hydrogen (secondary N) is 1. The number of fused-ring (bicyclic) bond motifs is 1. The van der Waals surface area contributed by atoms with Crippen molar-refractivity contribution in [2.24, 2.45) is 0 Å². The van der Waals surface area contributed by atoms with E-state index >= 15 is 0 Å². The van der Waals surface area contributed by atoms with Crippen LogP contribution < -0.4 is 10.1 Å². The van der Waals surface area contributed by atoms with Gasteiger partial charge < -0.3 is 10.1 Å². The van der Waals surface area contributed by atoms with Crippen LogP contribution in [0.15, 0.2) is 46.9 Å². The lowest BCUT2D eigenvalue weighted by Gasteiger charge is -2.12. The summed E-state index contributed by atoms with van der Waals surface area (Å²) in [4.78, 5) is 0. The van der Waals surface area contributed by atoms with E-state index in [0.29, 0.717) is 6.04 Å². The molecule has 0 saturated carbocycles. The molecule has 92 valence electrons. The second-order valence-electron chi connectivity index (χ2n) is 4.45. The summed E-state index contributed by atoms with van der Waals surface area (Å²) in [7, 11) is 1.71. The fraction of sp³-hybridized carbons (Fsp3) is 0.200. The second-order valence-corrected chi connectivity index (χ2v) is 5.36. The molecule has 0 radical (unpaired) electrons. The van der Waals surface area contributed by atoms with Gasteiger partial charge in [-0.1, -0.05) is 40.2 Å². The Hall–Kier alpha value is -1.48. The molecule has 2 aromatic rings. The van der Waals surface area contributed by atoms with Crippen molar-refractivity contribution in [2.45, 2.75) is 12.5 Å². The zero-order chi connectivity index (χ0) is 12.5. The van der Waals surface area contributed by atoms with E-state index in [1.807, 2.05) is 12.1 Å². The number of benzene rings is 2. The molecular weight excluding hydrogens is 290 g/mol. The van der Waals surface area contributed by atoms with E-state index in [-0.39, 0.29) is 0 Å². The van der Waals surface area contributed by atoms with Gasteiger partial charge >= 0.3 is 0 Å². The fourth-order valence-corrected chi connectivity index (χ4v) is 2.69. The minimum absolute atomic E-state index is 0.337. The molecule has 0 amide bonds. The van der Waals surface area contributed by atoms with Crippen LogP contribution in [0.2, 0.25) is 0 Å². The molecular formula is C15H14BrNO. The van der Waals surface area contributed by atoms with Gasteiger partial charge in [0.25, 0.3) is 0 Å². The third kappa shape index (κ3) is 1.99. The molecule has 0 aliphatic carbocycles. The van der Waals surface area contributed by atoms with Crippen LogP contribution in [0.1, 0.15) is 17.2 Å². The van der Waals surface area contributed by atoms with Crippen molar-refractivity contribution in [3.63, 3.8) is 0 Å². The normalized spacial score (nSPS) is 17.1. The van der Waals surface area contributed by atoms with Crippen LogP contribution in [0.5, 0.6) is 5.75 Å². The van der Waals surface area contributed by atoms with Crippen LogP contribution in [0.3, 0.4) is 0 Å². The summed E-state index contributed by atoms with van der Waals surface area (Å²) in [6.07, 6.45) is 1.01. The number of hydrogen-bond donors (Lipinski definition) is 1. The molecule has 3 heteroatoms. The first-order valence-corrected chi connectivity index (χ1v) is 6.75. The van der Waals surface area contributed by atoms with Crippen molar-refractivity contribution in [3.8, 4) is 5.75 Å². The summed E-state index contributed by atoms with van der Waals surface area (Å²) in [5, 5.41) is 3.55. The first-order valence-electron chi connectivity index (χ1n) is 5.96. The monoisotopic (exact) mass is 303 g/mol. The highest BCUT2D eigenvalue weighted by atomic mass is 79.9. The molecule has 1 aliphatic heterocycles. The van der Waals surface area contributed by atoms with E-state index in [1.165, 1.54) is 11.1 Å². The Morgan fingerprint density at radius 1 is 1.17 bits per heavy atom. The SMILES string of the molecule is COc1cccc2c1NC(c1ccc(Br)cc1)C2. The third-order valence-electron chi connectivity index (χ3n) is 3.35. The first kappa shape index (κ1) is 11.6. The minimum atomic E-state index is 0.337. The van der Waals surface area contributed by atoms with Gasteiger partial charge in [0, 0.05) is 4.47 Å². The highest BCUT2D eigenvalue weighted by Crippen LogP contribution is 2.40. The molecule has 18 heavy (non-hydrogen) atoms. The van der Waals surface area contributed by atoms with Gasteiger partial charge in [-0.15, -0.1) is 0 Å². The van der Waals surface area contributed by atoms with Gasteiger partial charge in [-0.05, 0) is 35.7 Å². The molecule has 0 fully saturated rings. The Kier molecular flexibility index (Phi) is 3.00. The summed E-state index contributed by atoms with van der Waals surface area (Å²) in [5.74, 6) is 0.923. The van der Waals surface area contributed by atoms with Crippen LogP contribution in [0, 0.1) is 0 Å². The van der Waals surface area contributed by atoms with Gasteiger partial charge in [-0.3, -0.25) is 0 Å². The molecule has 2 aromatic carbocycles. The number of anilines is 1. The largest absolute Gasteiger partial charge is 0.495 e. The van der Waals surface area contributed by atoms with Crippen LogP contribution in [-0.2, 0) is 6.42 Å². The van der Waals surface area contributed by atoms with Gasteiger partial charge in [-0.25, -0.2) is 0 Å². The first-order chi connectivity index (χ1) is 8.78. The number of halogens is 1. The van der Waals surface area contributed by atoms with E-state index in [1.54, 1.807) is 7.11 Å². The van der Waals surface area contributed by atoms with Crippen LogP contribution in [0.25, 0.3) is 0 Å². The average molecular weight is 304 g/mol. The standard InChI is InChI=1S/C15H14BrNO/c1-18-14-4-2-3-11-9-13(17-15(11)14)10-5-7-12(16)8-6-10/h2-8,13,17H,9H2,1H3. The Balaban J connectivity index is 1.91. The zero-order valence-corrected chi connectivity index (χ0v) is 11.7. The number of rotatable bonds is 2. The molecule has 0 spiro atoms. The average Bonchev–Trinajstić information content (AvgIpc) is 2.83. The summed E-state index contributed by atoms with van der Waals surface area (Å²) in [5.41, 5.74) is 3.76. The molecule has 3 rings (SSSR count). The minimum Gasteiger partial charge on any atom is -0.495 e. The van der Waals surface area contributed by atoms with Crippen LogP contribution in [0.4, 0.5) is 5.69 Å². The summed E-state index contributed by atoms with van der Waals surface area (Å²) in [6, 6.07) is 15.0. The highest BCUT2D eigenvalue weighted by Gasteiger charge is 2.24. The van der Waals surface area contributed by atoms with Crippen LogP contribution >= 0.6 is 15.9 Å². The molecule has 1 aliphatic rings. The van der Waals surface area contributed by atoms with E-state index < -0.39 is 0 Å². The second kappa shape index (κ2) is 4.65. The zero-order valence-electron chi connectivity index (χ0n) is 10.1. The number of hydrogen-bond acceptors (Lipinski definition) is 2. The maximum Gasteiger partial charge on any atom is 0.142 e. The maximum absolute atomic E-state index is 5.39. The van der Waals surface area contributed by atoms with Gasteiger partial charge in [0.2, 0.25) is 0 Å². The lowest BCUT2D eigenvalue weighted by Crippen LogP contribution is -2.05. The van der Waals surface area contributed by atoms with E-state index in [0.717, 1.165) is 22.3 Å². The van der Waals surface area contributed by atoms with Crippen molar-refractivity contribution < 1.29 is 4.74 Å². The van der Waals surface area contributed by atoms with E-state index in [2.05, 4.69) is 51.6 Å². The smallest absolute Gasteiger partial charge is 0.142 e. The van der Waals surface area contributed by atoms with E-state index in [9.17, 15) is 0 Å². The lowest BCUT2D eigenvalue weighted by molar-refractivity contribution is 0.416. The van der Waals surface area contributed by atoms with Crippen LogP contribution in [-0.4, -0.2) is 7.11 Å². The molecule has 1 heterocycles. The Bertz CT molecular complexity index is 565. The predicted molar refractivity (Wildman–Crippen MR) is 77.2 cm³/mol. The molecule has 1 N–H and O–H groups in total. The van der Waals surface area contributed by atoms with Gasteiger partial charge in [0.05, 0.1) is 18.8 Å². The Morgan fingerprint density at radius 2 is 1.94 bits per heavy atom. The van der Waals surface area contributed by atoms with Gasteiger partial charge in [0.1, 0.15) is 5.75 Å².